The van der Waals surface area contributed by atoms with Crippen LogP contribution in [0.2, 0.25) is 0 Å². The molecule has 0 unspecified atom stereocenters. The number of aryl methyl sites for hydroxylation is 1. The Bertz CT molecular complexity index is 672. The molecule has 106 valence electrons. The van der Waals surface area contributed by atoms with Crippen LogP contribution in [-0.4, -0.2) is 9.67 Å². The van der Waals surface area contributed by atoms with Crippen LogP contribution in [0.3, 0.4) is 0 Å². The van der Waals surface area contributed by atoms with E-state index in [1.807, 2.05) is 0 Å². The van der Waals surface area contributed by atoms with Crippen molar-refractivity contribution >= 4 is 0 Å². The Morgan fingerprint density at radius 2 is 1.75 bits per heavy atom. The number of halogens is 3. The smallest absolute Gasteiger partial charge is 0.416 e. The minimum atomic E-state index is -4.37. The van der Waals surface area contributed by atoms with Crippen LogP contribution in [0.15, 0.2) is 41.2 Å². The summed E-state index contributed by atoms with van der Waals surface area (Å²) in [5.74, 6) is -0.129. The number of rotatable bonds is 2. The van der Waals surface area contributed by atoms with Crippen molar-refractivity contribution < 1.29 is 18.3 Å². The van der Waals surface area contributed by atoms with Gasteiger partial charge in [0.2, 0.25) is 0 Å². The molecule has 0 saturated heterocycles. The van der Waals surface area contributed by atoms with Crippen LogP contribution in [0.4, 0.5) is 13.2 Å². The summed E-state index contributed by atoms with van der Waals surface area (Å²) < 4.78 is 38.7. The topological polar surface area (TPSA) is 42.2 Å². The van der Waals surface area contributed by atoms with Gasteiger partial charge in [-0.15, -0.1) is 0 Å². The molecule has 20 heavy (non-hydrogen) atoms. The number of hydrogen-bond donors (Lipinski definition) is 1. The van der Waals surface area contributed by atoms with Crippen LogP contribution >= 0.6 is 0 Å². The highest BCUT2D eigenvalue weighted by Gasteiger charge is 2.29. The second kappa shape index (κ2) is 5.03. The molecule has 1 heterocycles. The molecule has 0 aliphatic rings. The van der Waals surface area contributed by atoms with Crippen molar-refractivity contribution in [2.24, 2.45) is 0 Å². The molecule has 0 spiro atoms. The SMILES string of the molecule is Cc1cc(O)cc(=O)n1Cc1ccc(C(F)(F)F)cc1. The van der Waals surface area contributed by atoms with Gasteiger partial charge in [0, 0.05) is 11.8 Å². The lowest BCUT2D eigenvalue weighted by molar-refractivity contribution is -0.137. The van der Waals surface area contributed by atoms with E-state index < -0.39 is 17.3 Å². The number of aromatic hydroxyl groups is 1. The van der Waals surface area contributed by atoms with Crippen molar-refractivity contribution in [2.45, 2.75) is 19.6 Å². The monoisotopic (exact) mass is 283 g/mol. The van der Waals surface area contributed by atoms with E-state index in [4.69, 9.17) is 0 Å². The fraction of sp³-hybridized carbons (Fsp3) is 0.214. The zero-order valence-corrected chi connectivity index (χ0v) is 10.6. The van der Waals surface area contributed by atoms with E-state index >= 15 is 0 Å². The normalized spacial score (nSPS) is 11.6. The fourth-order valence-corrected chi connectivity index (χ4v) is 1.90. The molecule has 0 aliphatic carbocycles. The van der Waals surface area contributed by atoms with E-state index in [2.05, 4.69) is 0 Å². The lowest BCUT2D eigenvalue weighted by atomic mass is 10.1. The van der Waals surface area contributed by atoms with Gasteiger partial charge in [-0.1, -0.05) is 12.1 Å². The number of hydrogen-bond acceptors (Lipinski definition) is 2. The van der Waals surface area contributed by atoms with Crippen LogP contribution in [-0.2, 0) is 12.7 Å². The van der Waals surface area contributed by atoms with E-state index in [-0.39, 0.29) is 12.3 Å². The average molecular weight is 283 g/mol. The molecule has 1 N–H and O–H groups in total. The molecular weight excluding hydrogens is 271 g/mol. The standard InChI is InChI=1S/C14H12F3NO2/c1-9-6-12(19)7-13(20)18(9)8-10-2-4-11(5-3-10)14(15,16)17/h2-7,19H,8H2,1H3. The fourth-order valence-electron chi connectivity index (χ4n) is 1.90. The number of nitrogens with zero attached hydrogens (tertiary/aromatic N) is 1. The van der Waals surface area contributed by atoms with Gasteiger partial charge in [-0.2, -0.15) is 13.2 Å². The third-order valence-electron chi connectivity index (χ3n) is 2.94. The predicted molar refractivity (Wildman–Crippen MR) is 67.6 cm³/mol. The summed E-state index contributed by atoms with van der Waals surface area (Å²) in [7, 11) is 0. The second-order valence-electron chi connectivity index (χ2n) is 4.47. The lowest BCUT2D eigenvalue weighted by Crippen LogP contribution is -2.21. The van der Waals surface area contributed by atoms with E-state index in [1.54, 1.807) is 6.92 Å². The Balaban J connectivity index is 2.30. The number of pyridine rings is 1. The maximum atomic E-state index is 12.4. The van der Waals surface area contributed by atoms with Gasteiger partial charge in [-0.25, -0.2) is 0 Å². The van der Waals surface area contributed by atoms with E-state index in [0.29, 0.717) is 11.3 Å². The first-order valence-corrected chi connectivity index (χ1v) is 5.84. The minimum absolute atomic E-state index is 0.129. The largest absolute Gasteiger partial charge is 0.508 e. The van der Waals surface area contributed by atoms with E-state index in [9.17, 15) is 23.1 Å². The molecule has 1 aromatic carbocycles. The molecular formula is C14H12F3NO2. The number of alkyl halides is 3. The molecule has 2 aromatic rings. The summed E-state index contributed by atoms with van der Waals surface area (Å²) in [6, 6.07) is 7.12. The molecule has 0 radical (unpaired) electrons. The van der Waals surface area contributed by atoms with Crippen LogP contribution in [0.1, 0.15) is 16.8 Å². The first-order chi connectivity index (χ1) is 9.27. The van der Waals surface area contributed by atoms with Gasteiger partial charge in [-0.05, 0) is 30.7 Å². The highest BCUT2D eigenvalue weighted by atomic mass is 19.4. The van der Waals surface area contributed by atoms with Crippen molar-refractivity contribution in [3.05, 3.63) is 63.6 Å². The summed E-state index contributed by atoms with van der Waals surface area (Å²) >= 11 is 0. The van der Waals surface area contributed by atoms with Crippen LogP contribution in [0.5, 0.6) is 5.75 Å². The van der Waals surface area contributed by atoms with Gasteiger partial charge in [0.15, 0.2) is 0 Å². The Labute approximate surface area is 112 Å². The third kappa shape index (κ3) is 3.01. The predicted octanol–water partition coefficient (Wildman–Crippen LogP) is 2.93. The van der Waals surface area contributed by atoms with Crippen molar-refractivity contribution in [3.8, 4) is 5.75 Å². The van der Waals surface area contributed by atoms with Crippen LogP contribution in [0.25, 0.3) is 0 Å². The van der Waals surface area contributed by atoms with Crippen molar-refractivity contribution in [1.82, 2.24) is 4.57 Å². The van der Waals surface area contributed by atoms with E-state index in [1.165, 1.54) is 22.8 Å². The summed E-state index contributed by atoms with van der Waals surface area (Å²) in [6.07, 6.45) is -4.37. The minimum Gasteiger partial charge on any atom is -0.508 e. The summed E-state index contributed by atoms with van der Waals surface area (Å²) in [5.41, 5.74) is -0.0118. The van der Waals surface area contributed by atoms with Gasteiger partial charge in [0.05, 0.1) is 12.1 Å². The highest BCUT2D eigenvalue weighted by molar-refractivity contribution is 5.26. The van der Waals surface area contributed by atoms with Gasteiger partial charge in [0.1, 0.15) is 5.75 Å². The Morgan fingerprint density at radius 1 is 1.15 bits per heavy atom. The maximum absolute atomic E-state index is 12.4. The third-order valence-corrected chi connectivity index (χ3v) is 2.94. The Kier molecular flexibility index (Phi) is 3.57. The van der Waals surface area contributed by atoms with Gasteiger partial charge in [-0.3, -0.25) is 4.79 Å². The van der Waals surface area contributed by atoms with Gasteiger partial charge in [0.25, 0.3) is 5.56 Å². The van der Waals surface area contributed by atoms with Crippen molar-refractivity contribution in [3.63, 3.8) is 0 Å². The lowest BCUT2D eigenvalue weighted by Gasteiger charge is -2.11. The summed E-state index contributed by atoms with van der Waals surface area (Å²) in [5, 5.41) is 9.27. The molecule has 0 fully saturated rings. The Hall–Kier alpha value is -2.24. The second-order valence-corrected chi connectivity index (χ2v) is 4.47. The Morgan fingerprint density at radius 3 is 2.25 bits per heavy atom. The van der Waals surface area contributed by atoms with Gasteiger partial charge < -0.3 is 9.67 Å². The van der Waals surface area contributed by atoms with E-state index in [0.717, 1.165) is 18.2 Å². The number of benzene rings is 1. The first-order valence-electron chi connectivity index (χ1n) is 5.84. The zero-order valence-electron chi connectivity index (χ0n) is 10.6. The quantitative estimate of drug-likeness (QED) is 0.920. The summed E-state index contributed by atoms with van der Waals surface area (Å²) in [6.45, 7) is 1.80. The highest BCUT2D eigenvalue weighted by Crippen LogP contribution is 2.29. The summed E-state index contributed by atoms with van der Waals surface area (Å²) in [4.78, 5) is 11.7. The van der Waals surface area contributed by atoms with Gasteiger partial charge >= 0.3 is 6.18 Å². The average Bonchev–Trinajstić information content (AvgIpc) is 2.33. The maximum Gasteiger partial charge on any atom is 0.416 e. The van der Waals surface area contributed by atoms with Crippen molar-refractivity contribution in [1.29, 1.82) is 0 Å². The molecule has 0 saturated carbocycles. The van der Waals surface area contributed by atoms with Crippen molar-refractivity contribution in [2.75, 3.05) is 0 Å². The van der Waals surface area contributed by atoms with Crippen LogP contribution in [0, 0.1) is 6.92 Å². The van der Waals surface area contributed by atoms with Crippen LogP contribution < -0.4 is 5.56 Å². The molecule has 0 amide bonds. The first kappa shape index (κ1) is 14.2. The number of aromatic nitrogens is 1. The zero-order chi connectivity index (χ0) is 14.9. The molecule has 6 heteroatoms. The molecule has 1 aromatic heterocycles. The molecule has 0 aliphatic heterocycles. The molecule has 0 bridgehead atoms. The molecule has 3 nitrogen and oxygen atoms in total. The molecule has 0 atom stereocenters. The molecule has 2 rings (SSSR count).